The summed E-state index contributed by atoms with van der Waals surface area (Å²) < 4.78 is 26.8. The number of carbonyl (C=O) groups excluding carboxylic acids is 1. The van der Waals surface area contributed by atoms with Gasteiger partial charge in [0.05, 0.1) is 35.7 Å². The molecule has 3 aliphatic rings. The van der Waals surface area contributed by atoms with Crippen LogP contribution in [0.5, 0.6) is 5.75 Å². The Bertz CT molecular complexity index is 1830. The first kappa shape index (κ1) is 34.9. The topological polar surface area (TPSA) is 87.4 Å². The summed E-state index contributed by atoms with van der Waals surface area (Å²) in [5.41, 5.74) is 7.53. The number of esters is 1. The Morgan fingerprint density at radius 3 is 2.45 bits per heavy atom. The van der Waals surface area contributed by atoms with Crippen molar-refractivity contribution in [3.63, 3.8) is 0 Å². The summed E-state index contributed by atoms with van der Waals surface area (Å²) in [5, 5.41) is 5.20. The van der Waals surface area contributed by atoms with Gasteiger partial charge in [0.1, 0.15) is 11.6 Å². The molecule has 0 amide bonds. The molecule has 0 aliphatic carbocycles. The number of hydrogen-bond acceptors (Lipinski definition) is 8. The van der Waals surface area contributed by atoms with Crippen LogP contribution in [0, 0.1) is 20.8 Å². The lowest BCUT2D eigenvalue weighted by Crippen LogP contribution is -2.46. The highest BCUT2D eigenvalue weighted by atomic mass is 16.6. The number of anilines is 1. The maximum Gasteiger partial charge on any atom is 0.339 e. The molecule has 49 heavy (non-hydrogen) atoms. The lowest BCUT2D eigenvalue weighted by molar-refractivity contribution is -0.164. The Morgan fingerprint density at radius 2 is 1.73 bits per heavy atom. The summed E-state index contributed by atoms with van der Waals surface area (Å²) in [6.45, 7) is 18.6. The van der Waals surface area contributed by atoms with Gasteiger partial charge in [-0.3, -0.25) is 0 Å². The number of carbonyl (C=O) groups is 1. The number of ether oxygens (including phenoxy) is 4. The summed E-state index contributed by atoms with van der Waals surface area (Å²) in [6, 6.07) is 14.9. The van der Waals surface area contributed by atoms with E-state index in [1.807, 2.05) is 38.3 Å². The summed E-state index contributed by atoms with van der Waals surface area (Å²) in [6.07, 6.45) is 3.73. The average Bonchev–Trinajstić information content (AvgIpc) is 3.47. The van der Waals surface area contributed by atoms with Crippen molar-refractivity contribution in [2.75, 3.05) is 31.7 Å². The minimum absolute atomic E-state index is 0.0740. The second-order valence-corrected chi connectivity index (χ2v) is 15.1. The predicted molar refractivity (Wildman–Crippen MR) is 193 cm³/mol. The molecule has 9 nitrogen and oxygen atoms in total. The van der Waals surface area contributed by atoms with Crippen LogP contribution in [0.2, 0.25) is 0 Å². The monoisotopic (exact) mass is 668 g/mol. The van der Waals surface area contributed by atoms with Crippen molar-refractivity contribution < 1.29 is 23.7 Å². The normalized spacial score (nSPS) is 20.9. The number of fused-ring (bicyclic) bond motifs is 8. The number of piperidine rings is 1. The molecule has 262 valence electrons. The largest absolute Gasteiger partial charge is 0.490 e. The molecule has 2 aromatic carbocycles. The predicted octanol–water partition coefficient (Wildman–Crippen LogP) is 8.34. The molecule has 3 aliphatic heterocycles. The quantitative estimate of drug-likeness (QED) is 0.201. The summed E-state index contributed by atoms with van der Waals surface area (Å²) in [7, 11) is 1.40. The van der Waals surface area contributed by atoms with Gasteiger partial charge in [-0.15, -0.1) is 0 Å². The van der Waals surface area contributed by atoms with Gasteiger partial charge in [-0.2, -0.15) is 9.61 Å². The van der Waals surface area contributed by atoms with Gasteiger partial charge in [-0.05, 0) is 122 Å². The van der Waals surface area contributed by atoms with E-state index in [2.05, 4.69) is 69.0 Å². The number of nitrogens with zero attached hydrogens (tertiary/aromatic N) is 4. The van der Waals surface area contributed by atoms with Crippen molar-refractivity contribution in [2.45, 2.75) is 111 Å². The zero-order chi connectivity index (χ0) is 35.1. The second-order valence-electron chi connectivity index (χ2n) is 15.1. The van der Waals surface area contributed by atoms with E-state index in [1.165, 1.54) is 18.2 Å². The van der Waals surface area contributed by atoms with Gasteiger partial charge in [0.15, 0.2) is 11.8 Å². The van der Waals surface area contributed by atoms with Crippen LogP contribution in [-0.4, -0.2) is 64.7 Å². The highest BCUT2D eigenvalue weighted by Crippen LogP contribution is 2.40. The Hall–Kier alpha value is -3.95. The molecule has 4 aromatic rings. The van der Waals surface area contributed by atoms with Gasteiger partial charge < -0.3 is 23.8 Å². The molecule has 0 unspecified atom stereocenters. The summed E-state index contributed by atoms with van der Waals surface area (Å²) in [4.78, 5) is 20.8. The first-order valence-corrected chi connectivity index (χ1v) is 17.7. The summed E-state index contributed by atoms with van der Waals surface area (Å²) in [5.74, 6) is 1.23. The van der Waals surface area contributed by atoms with Crippen molar-refractivity contribution in [3.8, 4) is 28.1 Å². The van der Waals surface area contributed by atoms with Gasteiger partial charge in [-0.25, -0.2) is 9.78 Å². The third-order valence-corrected chi connectivity index (χ3v) is 9.92. The van der Waals surface area contributed by atoms with Crippen LogP contribution in [0.3, 0.4) is 0 Å². The molecule has 5 heterocycles. The van der Waals surface area contributed by atoms with Gasteiger partial charge in [0.2, 0.25) is 0 Å². The maximum absolute atomic E-state index is 13.4. The molecule has 1 saturated heterocycles. The third kappa shape index (κ3) is 7.48. The van der Waals surface area contributed by atoms with Crippen LogP contribution in [0.25, 0.3) is 28.0 Å². The number of aromatic nitrogens is 3. The van der Waals surface area contributed by atoms with Crippen molar-refractivity contribution >= 4 is 17.4 Å². The van der Waals surface area contributed by atoms with E-state index in [-0.39, 0.29) is 11.7 Å². The minimum Gasteiger partial charge on any atom is -0.490 e. The lowest BCUT2D eigenvalue weighted by Gasteiger charge is -2.41. The zero-order valence-corrected chi connectivity index (χ0v) is 30.7. The molecule has 0 spiro atoms. The molecule has 2 aromatic heterocycles. The highest BCUT2D eigenvalue weighted by molar-refractivity contribution is 5.81. The maximum atomic E-state index is 13.4. The van der Waals surface area contributed by atoms with Crippen molar-refractivity contribution in [1.29, 1.82) is 0 Å². The number of benzene rings is 2. The SMILES string of the molecule is COC(=O)[C@@H](OC(C)(C)C)c1c(C)nc2cc3nn2c1N1CCC(C)(CC1)OCCCC[C@H](C)Oc1cc(C)c(C)cc1-c1cccc-3c1. The molecular weight excluding hydrogens is 616 g/mol. The molecule has 0 saturated carbocycles. The Labute approximate surface area is 290 Å². The van der Waals surface area contributed by atoms with E-state index in [1.54, 1.807) is 0 Å². The first-order chi connectivity index (χ1) is 23.2. The van der Waals surface area contributed by atoms with Crippen LogP contribution in [-0.2, 0) is 19.0 Å². The van der Waals surface area contributed by atoms with Gasteiger partial charge in [0.25, 0.3) is 0 Å². The Balaban J connectivity index is 1.55. The zero-order valence-electron chi connectivity index (χ0n) is 30.7. The highest BCUT2D eigenvalue weighted by Gasteiger charge is 2.38. The van der Waals surface area contributed by atoms with Crippen LogP contribution in [0.15, 0.2) is 42.5 Å². The van der Waals surface area contributed by atoms with E-state index < -0.39 is 17.7 Å². The van der Waals surface area contributed by atoms with E-state index in [0.717, 1.165) is 79.1 Å². The standard InChI is InChI=1S/C40H52N4O5/c1-25-21-31-29-14-12-15-30(23-29)32-24-34-41-28(4)35(36(38(45)46-9)49-39(5,6)7)37(44(34)42-32)43-18-16-40(8,17-19-43)47-20-11-10-13-27(3)48-33(31)22-26(25)2/h12,14-15,21-24,27,36H,10-11,13,16-20H2,1-9H3/t27-,36-/m0/s1. The molecule has 2 atom stereocenters. The Kier molecular flexibility index (Phi) is 9.79. The number of hydrogen-bond donors (Lipinski definition) is 0. The van der Waals surface area contributed by atoms with Gasteiger partial charge in [0, 0.05) is 42.6 Å². The number of aryl methyl sites for hydroxylation is 3. The fraction of sp³-hybridized carbons (Fsp3) is 0.525. The number of rotatable bonds is 3. The average molecular weight is 669 g/mol. The molecule has 6 bridgehead atoms. The van der Waals surface area contributed by atoms with E-state index in [9.17, 15) is 4.79 Å². The van der Waals surface area contributed by atoms with Gasteiger partial charge in [-0.1, -0.05) is 18.2 Å². The van der Waals surface area contributed by atoms with Crippen LogP contribution in [0.1, 0.15) is 95.2 Å². The summed E-state index contributed by atoms with van der Waals surface area (Å²) >= 11 is 0. The van der Waals surface area contributed by atoms with Crippen molar-refractivity contribution in [1.82, 2.24) is 14.6 Å². The molecule has 0 N–H and O–H groups in total. The minimum atomic E-state index is -0.978. The fourth-order valence-electron chi connectivity index (χ4n) is 6.98. The molecular formula is C40H52N4O5. The smallest absolute Gasteiger partial charge is 0.339 e. The van der Waals surface area contributed by atoms with Crippen LogP contribution in [0.4, 0.5) is 5.82 Å². The first-order valence-electron chi connectivity index (χ1n) is 17.7. The Morgan fingerprint density at radius 1 is 1.02 bits per heavy atom. The molecule has 9 heteroatoms. The second kappa shape index (κ2) is 13.8. The van der Waals surface area contributed by atoms with E-state index in [4.69, 9.17) is 29.0 Å². The van der Waals surface area contributed by atoms with Gasteiger partial charge >= 0.3 is 5.97 Å². The number of methoxy groups -OCH3 is 1. The molecule has 1 fully saturated rings. The third-order valence-electron chi connectivity index (χ3n) is 9.92. The molecule has 7 rings (SSSR count). The molecule has 0 radical (unpaired) electrons. The van der Waals surface area contributed by atoms with Crippen LogP contribution >= 0.6 is 0 Å². The van der Waals surface area contributed by atoms with E-state index >= 15 is 0 Å². The fourth-order valence-corrected chi connectivity index (χ4v) is 6.98. The van der Waals surface area contributed by atoms with Crippen molar-refractivity contribution in [3.05, 3.63) is 64.8 Å². The lowest BCUT2D eigenvalue weighted by atomic mass is 9.92. The van der Waals surface area contributed by atoms with Crippen molar-refractivity contribution in [2.24, 2.45) is 0 Å². The van der Waals surface area contributed by atoms with E-state index in [0.29, 0.717) is 23.5 Å². The van der Waals surface area contributed by atoms with Crippen LogP contribution < -0.4 is 9.64 Å².